The normalized spacial score (nSPS) is 22.2. The van der Waals surface area contributed by atoms with Gasteiger partial charge in [0, 0.05) is 23.6 Å². The van der Waals surface area contributed by atoms with E-state index in [9.17, 15) is 23.3 Å². The molecule has 1 heterocycles. The molecular weight excluding hydrogens is 330 g/mol. The van der Waals surface area contributed by atoms with Crippen LogP contribution in [0.15, 0.2) is 54.6 Å². The maximum atomic E-state index is 12.8. The van der Waals surface area contributed by atoms with E-state index < -0.39 is 25.8 Å². The summed E-state index contributed by atoms with van der Waals surface area (Å²) in [4.78, 5) is 22.9. The molecule has 0 unspecified atom stereocenters. The lowest BCUT2D eigenvalue weighted by Gasteiger charge is -2.18. The Morgan fingerprint density at radius 3 is 2.25 bits per heavy atom. The van der Waals surface area contributed by atoms with E-state index in [0.29, 0.717) is 6.42 Å². The highest BCUT2D eigenvalue weighted by atomic mass is 32.2. The molecule has 0 saturated carbocycles. The standard InChI is InChI=1S/C17H15NO5S/c19-16(13-6-8-14(9-7-13)18(20)21)17-15(10-11-24(17,22)23)12-4-2-1-3-5-12/h1-9,15,17H,10-11H2/t15-,17+/m0/s1. The molecule has 0 radical (unpaired) electrons. The molecule has 2 atom stereocenters. The number of sulfone groups is 1. The van der Waals surface area contributed by atoms with E-state index >= 15 is 0 Å². The molecule has 0 aromatic heterocycles. The average Bonchev–Trinajstić information content (AvgIpc) is 2.90. The number of benzene rings is 2. The number of carbonyl (C=O) groups is 1. The second-order valence-corrected chi connectivity index (χ2v) is 8.00. The lowest BCUT2D eigenvalue weighted by Crippen LogP contribution is -2.31. The van der Waals surface area contributed by atoms with Gasteiger partial charge in [0.1, 0.15) is 5.25 Å². The minimum absolute atomic E-state index is 0.0318. The molecule has 2 aromatic rings. The van der Waals surface area contributed by atoms with Crippen molar-refractivity contribution in [2.45, 2.75) is 17.6 Å². The number of Topliss-reactive ketones (excluding diaryl/α,β-unsaturated/α-hetero) is 1. The first kappa shape index (κ1) is 16.3. The highest BCUT2D eigenvalue weighted by Crippen LogP contribution is 2.37. The molecule has 3 rings (SSSR count). The fourth-order valence-corrected chi connectivity index (χ4v) is 5.21. The molecule has 0 bridgehead atoms. The average molecular weight is 345 g/mol. The second-order valence-electron chi connectivity index (χ2n) is 5.76. The minimum Gasteiger partial charge on any atom is -0.293 e. The summed E-state index contributed by atoms with van der Waals surface area (Å²) in [5, 5.41) is 9.57. The maximum Gasteiger partial charge on any atom is 0.269 e. The molecule has 1 fully saturated rings. The number of nitro groups is 1. The number of nitrogens with zero attached hydrogens (tertiary/aromatic N) is 1. The summed E-state index contributed by atoms with van der Waals surface area (Å²) in [6.07, 6.45) is 0.399. The fraction of sp³-hybridized carbons (Fsp3) is 0.235. The Kier molecular flexibility index (Phi) is 4.19. The molecule has 1 saturated heterocycles. The van der Waals surface area contributed by atoms with Crippen molar-refractivity contribution in [3.05, 3.63) is 75.8 Å². The molecule has 0 aliphatic carbocycles. The predicted octanol–water partition coefficient (Wildman–Crippen LogP) is 2.75. The zero-order valence-electron chi connectivity index (χ0n) is 12.7. The number of hydrogen-bond donors (Lipinski definition) is 0. The molecule has 1 aliphatic rings. The summed E-state index contributed by atoms with van der Waals surface area (Å²) in [5.74, 6) is -0.925. The van der Waals surface area contributed by atoms with Gasteiger partial charge in [-0.3, -0.25) is 14.9 Å². The van der Waals surface area contributed by atoms with Crippen LogP contribution in [0.4, 0.5) is 5.69 Å². The lowest BCUT2D eigenvalue weighted by atomic mass is 9.89. The van der Waals surface area contributed by atoms with Crippen molar-refractivity contribution in [2.75, 3.05) is 5.75 Å². The summed E-state index contributed by atoms with van der Waals surface area (Å²) in [5.41, 5.74) is 0.858. The molecule has 7 heteroatoms. The minimum atomic E-state index is -3.54. The monoisotopic (exact) mass is 345 g/mol. The van der Waals surface area contributed by atoms with Crippen molar-refractivity contribution in [2.24, 2.45) is 0 Å². The third-order valence-corrected chi connectivity index (χ3v) is 6.44. The number of rotatable bonds is 4. The predicted molar refractivity (Wildman–Crippen MR) is 88.8 cm³/mol. The Bertz CT molecular complexity index is 875. The van der Waals surface area contributed by atoms with Gasteiger partial charge in [-0.25, -0.2) is 8.42 Å². The van der Waals surface area contributed by atoms with Gasteiger partial charge in [0.05, 0.1) is 10.7 Å². The third kappa shape index (κ3) is 2.94. The molecule has 124 valence electrons. The first-order valence-corrected chi connectivity index (χ1v) is 9.17. The number of carbonyl (C=O) groups excluding carboxylic acids is 1. The van der Waals surface area contributed by atoms with Crippen molar-refractivity contribution in [1.29, 1.82) is 0 Å². The van der Waals surface area contributed by atoms with E-state index in [2.05, 4.69) is 0 Å². The van der Waals surface area contributed by atoms with E-state index in [1.54, 1.807) is 0 Å². The van der Waals surface area contributed by atoms with Crippen LogP contribution in [0.5, 0.6) is 0 Å². The topological polar surface area (TPSA) is 94.3 Å². The first-order valence-electron chi connectivity index (χ1n) is 7.45. The van der Waals surface area contributed by atoms with Gasteiger partial charge in [-0.15, -0.1) is 0 Å². The molecule has 24 heavy (non-hydrogen) atoms. The molecule has 1 aliphatic heterocycles. The van der Waals surface area contributed by atoms with Crippen LogP contribution in [0.3, 0.4) is 0 Å². The smallest absolute Gasteiger partial charge is 0.269 e. The zero-order chi connectivity index (χ0) is 17.3. The van der Waals surface area contributed by atoms with Crippen LogP contribution in [0, 0.1) is 10.1 Å². The Hall–Kier alpha value is -2.54. The summed E-state index contributed by atoms with van der Waals surface area (Å²) in [6.45, 7) is 0. The van der Waals surface area contributed by atoms with Crippen molar-refractivity contribution in [3.8, 4) is 0 Å². The summed E-state index contributed by atoms with van der Waals surface area (Å²) in [6, 6.07) is 14.2. The lowest BCUT2D eigenvalue weighted by molar-refractivity contribution is -0.384. The summed E-state index contributed by atoms with van der Waals surface area (Å²) >= 11 is 0. The second kappa shape index (κ2) is 6.16. The van der Waals surface area contributed by atoms with Crippen LogP contribution in [0.25, 0.3) is 0 Å². The Morgan fingerprint density at radius 1 is 1.04 bits per heavy atom. The van der Waals surface area contributed by atoms with Crippen LogP contribution in [-0.2, 0) is 9.84 Å². The molecule has 0 amide bonds. The summed E-state index contributed by atoms with van der Waals surface area (Å²) in [7, 11) is -3.54. The molecule has 0 N–H and O–H groups in total. The largest absolute Gasteiger partial charge is 0.293 e. The Morgan fingerprint density at radius 2 is 1.67 bits per heavy atom. The quantitative estimate of drug-likeness (QED) is 0.482. The van der Waals surface area contributed by atoms with E-state index in [-0.39, 0.29) is 22.9 Å². The van der Waals surface area contributed by atoms with Crippen LogP contribution in [0.1, 0.15) is 28.3 Å². The van der Waals surface area contributed by atoms with Gasteiger partial charge in [0.2, 0.25) is 0 Å². The van der Waals surface area contributed by atoms with Crippen LogP contribution in [0.2, 0.25) is 0 Å². The zero-order valence-corrected chi connectivity index (χ0v) is 13.5. The summed E-state index contributed by atoms with van der Waals surface area (Å²) < 4.78 is 24.8. The van der Waals surface area contributed by atoms with Crippen LogP contribution >= 0.6 is 0 Å². The van der Waals surface area contributed by atoms with E-state index in [1.165, 1.54) is 24.3 Å². The van der Waals surface area contributed by atoms with Gasteiger partial charge in [-0.1, -0.05) is 30.3 Å². The van der Waals surface area contributed by atoms with Gasteiger partial charge in [-0.2, -0.15) is 0 Å². The number of hydrogen-bond acceptors (Lipinski definition) is 5. The Labute approximate surface area is 139 Å². The first-order chi connectivity index (χ1) is 11.4. The highest BCUT2D eigenvalue weighted by molar-refractivity contribution is 7.93. The van der Waals surface area contributed by atoms with Gasteiger partial charge < -0.3 is 0 Å². The van der Waals surface area contributed by atoms with E-state index in [0.717, 1.165) is 5.56 Å². The fourth-order valence-electron chi connectivity index (χ4n) is 3.12. The Balaban J connectivity index is 1.97. The van der Waals surface area contributed by atoms with Gasteiger partial charge in [0.15, 0.2) is 15.6 Å². The van der Waals surface area contributed by atoms with E-state index in [4.69, 9.17) is 0 Å². The molecule has 0 spiro atoms. The van der Waals surface area contributed by atoms with Gasteiger partial charge in [0.25, 0.3) is 5.69 Å². The highest BCUT2D eigenvalue weighted by Gasteiger charge is 2.45. The number of nitro benzene ring substituents is 1. The number of ketones is 1. The van der Waals surface area contributed by atoms with Crippen molar-refractivity contribution < 1.29 is 18.1 Å². The third-order valence-electron chi connectivity index (χ3n) is 4.31. The van der Waals surface area contributed by atoms with Gasteiger partial charge >= 0.3 is 0 Å². The maximum absolute atomic E-state index is 12.8. The number of non-ortho nitro benzene ring substituents is 1. The SMILES string of the molecule is O=C(c1ccc([N+](=O)[O-])cc1)[C@H]1[C@H](c2ccccc2)CCS1(=O)=O. The van der Waals surface area contributed by atoms with Crippen LogP contribution in [-0.4, -0.2) is 30.1 Å². The van der Waals surface area contributed by atoms with Crippen molar-refractivity contribution in [1.82, 2.24) is 0 Å². The van der Waals surface area contributed by atoms with Crippen LogP contribution < -0.4 is 0 Å². The molecule has 2 aromatic carbocycles. The molecule has 6 nitrogen and oxygen atoms in total. The molecular formula is C17H15NO5S. The van der Waals surface area contributed by atoms with E-state index in [1.807, 2.05) is 30.3 Å². The van der Waals surface area contributed by atoms with Crippen molar-refractivity contribution >= 4 is 21.3 Å². The van der Waals surface area contributed by atoms with Gasteiger partial charge in [-0.05, 0) is 24.1 Å². The van der Waals surface area contributed by atoms with Crippen molar-refractivity contribution in [3.63, 3.8) is 0 Å².